The molecule has 0 fully saturated rings. The molecule has 12 heteroatoms. The largest absolute Gasteiger partial charge is 0.495 e. The number of halogens is 2. The van der Waals surface area contributed by atoms with E-state index in [-0.39, 0.29) is 16.6 Å². The highest BCUT2D eigenvalue weighted by Crippen LogP contribution is 2.45. The highest BCUT2D eigenvalue weighted by Gasteiger charge is 2.21. The molecule has 0 saturated heterocycles. The van der Waals surface area contributed by atoms with Crippen molar-refractivity contribution in [3.05, 3.63) is 34.1 Å². The number of nitrogens with one attached hydrogen (secondary N) is 1. The Morgan fingerprint density at radius 2 is 1.73 bits per heavy atom. The summed E-state index contributed by atoms with van der Waals surface area (Å²) in [6.45, 7) is -0.0651. The standard InChI is InChI=1S/C18H18Cl2N4O4S2/c1-27-12-6-13(28-2)16(20)14(15(12)19)10-5-9-7-21-18(29-3)24-17(9)11(23-10)8-22-30(4,25)26/h5-7,22H,8H2,1-4H3. The molecule has 8 nitrogen and oxygen atoms in total. The van der Waals surface area contributed by atoms with Crippen molar-refractivity contribution in [2.24, 2.45) is 0 Å². The van der Waals surface area contributed by atoms with Crippen LogP contribution in [0.25, 0.3) is 22.2 Å². The predicted octanol–water partition coefficient (Wildman–Crippen LogP) is 3.79. The lowest BCUT2D eigenvalue weighted by molar-refractivity contribution is 0.395. The third-order valence-electron chi connectivity index (χ3n) is 4.13. The third-order valence-corrected chi connectivity index (χ3v) is 6.11. The number of fused-ring (bicyclic) bond motifs is 1. The summed E-state index contributed by atoms with van der Waals surface area (Å²) >= 11 is 14.4. The molecule has 0 unspecified atom stereocenters. The maximum atomic E-state index is 11.6. The molecule has 0 radical (unpaired) electrons. The van der Waals surface area contributed by atoms with Crippen LogP contribution in [0.1, 0.15) is 5.69 Å². The van der Waals surface area contributed by atoms with Crippen LogP contribution in [0.4, 0.5) is 0 Å². The van der Waals surface area contributed by atoms with Crippen molar-refractivity contribution >= 4 is 55.9 Å². The Kier molecular flexibility index (Phi) is 6.93. The number of sulfonamides is 1. The molecule has 160 valence electrons. The van der Waals surface area contributed by atoms with Crippen molar-refractivity contribution in [3.8, 4) is 22.8 Å². The van der Waals surface area contributed by atoms with Crippen LogP contribution in [-0.4, -0.2) is 50.1 Å². The number of hydrogen-bond donors (Lipinski definition) is 1. The lowest BCUT2D eigenvalue weighted by Crippen LogP contribution is -2.22. The summed E-state index contributed by atoms with van der Waals surface area (Å²) in [4.78, 5) is 13.4. The highest BCUT2D eigenvalue weighted by atomic mass is 35.5. The number of ether oxygens (including phenoxy) is 2. The topological polar surface area (TPSA) is 103 Å². The van der Waals surface area contributed by atoms with Crippen LogP contribution in [0.5, 0.6) is 11.5 Å². The Morgan fingerprint density at radius 1 is 1.10 bits per heavy atom. The van der Waals surface area contributed by atoms with E-state index >= 15 is 0 Å². The minimum atomic E-state index is -3.45. The van der Waals surface area contributed by atoms with Crippen LogP contribution in [0, 0.1) is 0 Å². The number of thioether (sulfide) groups is 1. The maximum absolute atomic E-state index is 11.6. The van der Waals surface area contributed by atoms with Crippen molar-refractivity contribution in [3.63, 3.8) is 0 Å². The average molecular weight is 489 g/mol. The van der Waals surface area contributed by atoms with Crippen molar-refractivity contribution in [2.75, 3.05) is 26.7 Å². The second-order valence-corrected chi connectivity index (χ2v) is 9.49. The third kappa shape index (κ3) is 4.73. The monoisotopic (exact) mass is 488 g/mol. The molecule has 0 amide bonds. The summed E-state index contributed by atoms with van der Waals surface area (Å²) in [5.41, 5.74) is 1.72. The number of aromatic nitrogens is 3. The summed E-state index contributed by atoms with van der Waals surface area (Å²) in [6.07, 6.45) is 4.56. The summed E-state index contributed by atoms with van der Waals surface area (Å²) < 4.78 is 36.4. The smallest absolute Gasteiger partial charge is 0.209 e. The first-order chi connectivity index (χ1) is 14.2. The van der Waals surface area contributed by atoms with E-state index in [1.54, 1.807) is 18.3 Å². The highest BCUT2D eigenvalue weighted by molar-refractivity contribution is 7.98. The fourth-order valence-electron chi connectivity index (χ4n) is 2.75. The quantitative estimate of drug-likeness (QED) is 0.395. The normalized spacial score (nSPS) is 11.7. The summed E-state index contributed by atoms with van der Waals surface area (Å²) in [7, 11) is -0.497. The zero-order valence-electron chi connectivity index (χ0n) is 16.5. The van der Waals surface area contributed by atoms with E-state index in [1.165, 1.54) is 26.0 Å². The van der Waals surface area contributed by atoms with Gasteiger partial charge >= 0.3 is 0 Å². The van der Waals surface area contributed by atoms with Gasteiger partial charge in [0, 0.05) is 23.2 Å². The SMILES string of the molecule is COc1cc(OC)c(Cl)c(-c2cc3cnc(SC)nc3c(CNS(C)(=O)=O)n2)c1Cl. The first kappa shape index (κ1) is 22.8. The molecule has 1 N–H and O–H groups in total. The Bertz CT molecular complexity index is 1190. The Morgan fingerprint density at radius 3 is 2.27 bits per heavy atom. The molecule has 0 saturated carbocycles. The van der Waals surface area contributed by atoms with Crippen molar-refractivity contribution in [1.82, 2.24) is 19.7 Å². The molecule has 3 rings (SSSR count). The van der Waals surface area contributed by atoms with Crippen LogP contribution in [0.15, 0.2) is 23.5 Å². The maximum Gasteiger partial charge on any atom is 0.209 e. The van der Waals surface area contributed by atoms with Gasteiger partial charge in [-0.05, 0) is 12.3 Å². The number of nitrogens with zero attached hydrogens (tertiary/aromatic N) is 3. The number of methoxy groups -OCH3 is 2. The Hall–Kier alpha value is -1.85. The summed E-state index contributed by atoms with van der Waals surface area (Å²) in [5, 5.41) is 1.69. The number of hydrogen-bond acceptors (Lipinski definition) is 8. The Labute approximate surface area is 188 Å². The van der Waals surface area contributed by atoms with Crippen molar-refractivity contribution < 1.29 is 17.9 Å². The molecule has 2 heterocycles. The van der Waals surface area contributed by atoms with Crippen LogP contribution in [-0.2, 0) is 16.6 Å². The van der Waals surface area contributed by atoms with Crippen molar-refractivity contribution in [2.45, 2.75) is 11.7 Å². The number of benzene rings is 1. The van der Waals surface area contributed by atoms with Gasteiger partial charge in [0.2, 0.25) is 10.0 Å². The molecular weight excluding hydrogens is 471 g/mol. The van der Waals surface area contributed by atoms with E-state index in [4.69, 9.17) is 32.7 Å². The van der Waals surface area contributed by atoms with Gasteiger partial charge in [0.15, 0.2) is 5.16 Å². The molecule has 30 heavy (non-hydrogen) atoms. The van der Waals surface area contributed by atoms with Crippen LogP contribution in [0.2, 0.25) is 10.0 Å². The molecule has 0 atom stereocenters. The van der Waals surface area contributed by atoms with Gasteiger partial charge in [0.25, 0.3) is 0 Å². The van der Waals surface area contributed by atoms with Gasteiger partial charge < -0.3 is 9.47 Å². The zero-order chi connectivity index (χ0) is 22.1. The summed E-state index contributed by atoms with van der Waals surface area (Å²) in [5.74, 6) is 0.721. The first-order valence-corrected chi connectivity index (χ1v) is 12.3. The van der Waals surface area contributed by atoms with E-state index in [9.17, 15) is 8.42 Å². The van der Waals surface area contributed by atoms with Gasteiger partial charge in [-0.2, -0.15) is 0 Å². The molecule has 3 aromatic rings. The van der Waals surface area contributed by atoms with Crippen LogP contribution < -0.4 is 14.2 Å². The minimum absolute atomic E-state index is 0.0651. The van der Waals surface area contributed by atoms with Crippen molar-refractivity contribution in [1.29, 1.82) is 0 Å². The minimum Gasteiger partial charge on any atom is -0.495 e. The van der Waals surface area contributed by atoms with Gasteiger partial charge in [-0.1, -0.05) is 35.0 Å². The molecule has 0 aliphatic heterocycles. The molecule has 0 aliphatic carbocycles. The lowest BCUT2D eigenvalue weighted by Gasteiger charge is -2.16. The van der Waals surface area contributed by atoms with E-state index in [1.807, 2.05) is 6.26 Å². The molecule has 2 aromatic heterocycles. The van der Waals surface area contributed by atoms with Gasteiger partial charge in [0.05, 0.1) is 54.0 Å². The number of rotatable bonds is 7. The van der Waals surface area contributed by atoms with Gasteiger partial charge in [-0.15, -0.1) is 0 Å². The van der Waals surface area contributed by atoms with Crippen LogP contribution in [0.3, 0.4) is 0 Å². The van der Waals surface area contributed by atoms with E-state index in [0.29, 0.717) is 44.5 Å². The fourth-order valence-corrected chi connectivity index (χ4v) is 4.18. The van der Waals surface area contributed by atoms with E-state index in [0.717, 1.165) is 6.26 Å². The van der Waals surface area contributed by atoms with Gasteiger partial charge in [0.1, 0.15) is 11.5 Å². The lowest BCUT2D eigenvalue weighted by atomic mass is 10.1. The number of pyridine rings is 1. The average Bonchev–Trinajstić information content (AvgIpc) is 2.71. The van der Waals surface area contributed by atoms with E-state index in [2.05, 4.69) is 19.7 Å². The molecule has 0 aliphatic rings. The summed E-state index contributed by atoms with van der Waals surface area (Å²) in [6, 6.07) is 3.31. The van der Waals surface area contributed by atoms with E-state index < -0.39 is 10.0 Å². The van der Waals surface area contributed by atoms with Crippen LogP contribution >= 0.6 is 35.0 Å². The molecule has 0 bridgehead atoms. The Balaban J connectivity index is 2.30. The fraction of sp³-hybridized carbons (Fsp3) is 0.278. The second kappa shape index (κ2) is 9.11. The first-order valence-electron chi connectivity index (χ1n) is 8.44. The molecule has 1 aromatic carbocycles. The predicted molar refractivity (Wildman–Crippen MR) is 119 cm³/mol. The molecular formula is C18H18Cl2N4O4S2. The second-order valence-electron chi connectivity index (χ2n) is 6.13. The van der Waals surface area contributed by atoms with Gasteiger partial charge in [-0.25, -0.2) is 28.1 Å². The zero-order valence-corrected chi connectivity index (χ0v) is 19.6. The molecule has 0 spiro atoms. The van der Waals surface area contributed by atoms with Gasteiger partial charge in [-0.3, -0.25) is 0 Å².